The van der Waals surface area contributed by atoms with Crippen LogP contribution in [0.5, 0.6) is 0 Å². The molecule has 2 saturated carbocycles. The van der Waals surface area contributed by atoms with Gasteiger partial charge in [-0.2, -0.15) is 0 Å². The first-order chi connectivity index (χ1) is 10.6. The molecule has 114 valence electrons. The molecule has 2 aromatic heterocycles. The number of fused-ring (bicyclic) bond motifs is 1. The fourth-order valence-electron chi connectivity index (χ4n) is 2.98. The highest BCUT2D eigenvalue weighted by Gasteiger charge is 2.59. The average Bonchev–Trinajstić information content (AvgIpc) is 3.37. The van der Waals surface area contributed by atoms with E-state index >= 15 is 0 Å². The van der Waals surface area contributed by atoms with Crippen LogP contribution in [0.4, 0.5) is 5.82 Å². The normalized spacial score (nSPS) is 19.0. The molecular weight excluding hydrogens is 282 g/mol. The largest absolute Gasteiger partial charge is 0.316 e. The van der Waals surface area contributed by atoms with Crippen LogP contribution in [0.25, 0.3) is 11.2 Å². The van der Waals surface area contributed by atoms with Crippen LogP contribution in [0.1, 0.15) is 31.4 Å². The number of aryl methyl sites for hydroxylation is 1. The van der Waals surface area contributed by atoms with Crippen molar-refractivity contribution in [2.45, 2.75) is 32.6 Å². The Kier molecular flexibility index (Phi) is 2.72. The zero-order valence-electron chi connectivity index (χ0n) is 12.3. The quantitative estimate of drug-likeness (QED) is 0.738. The lowest BCUT2D eigenvalue weighted by Gasteiger charge is -2.14. The van der Waals surface area contributed by atoms with E-state index < -0.39 is 0 Å². The molecule has 1 amide bonds. The summed E-state index contributed by atoms with van der Waals surface area (Å²) in [4.78, 5) is 35.4. The Morgan fingerprint density at radius 3 is 2.77 bits per heavy atom. The number of rotatable bonds is 4. The molecule has 7 heteroatoms. The summed E-state index contributed by atoms with van der Waals surface area (Å²) in [7, 11) is 0. The van der Waals surface area contributed by atoms with Crippen LogP contribution in [0.3, 0.4) is 0 Å². The van der Waals surface area contributed by atoms with Gasteiger partial charge in [0, 0.05) is 5.69 Å². The lowest BCUT2D eigenvalue weighted by molar-refractivity contribution is -0.126. The second-order valence-electron chi connectivity index (χ2n) is 6.25. The van der Waals surface area contributed by atoms with E-state index in [-0.39, 0.29) is 22.7 Å². The van der Waals surface area contributed by atoms with Gasteiger partial charge in [-0.25, -0.2) is 9.97 Å². The van der Waals surface area contributed by atoms with Crippen molar-refractivity contribution in [3.05, 3.63) is 28.2 Å². The Hall–Kier alpha value is -2.44. The Morgan fingerprint density at radius 2 is 2.09 bits per heavy atom. The molecule has 0 spiro atoms. The summed E-state index contributed by atoms with van der Waals surface area (Å²) in [6.07, 6.45) is 4.14. The van der Waals surface area contributed by atoms with Gasteiger partial charge in [-0.05, 0) is 50.7 Å². The summed E-state index contributed by atoms with van der Waals surface area (Å²) in [6, 6.07) is 3.57. The lowest BCUT2D eigenvalue weighted by atomic mass is 10.0. The molecule has 2 fully saturated rings. The van der Waals surface area contributed by atoms with Gasteiger partial charge in [-0.3, -0.25) is 20.4 Å². The van der Waals surface area contributed by atoms with Crippen molar-refractivity contribution in [3.8, 4) is 0 Å². The molecule has 2 aliphatic rings. The minimum Gasteiger partial charge on any atom is -0.316 e. The van der Waals surface area contributed by atoms with Gasteiger partial charge in [0.15, 0.2) is 5.65 Å². The molecule has 3 N–H and O–H groups in total. The summed E-state index contributed by atoms with van der Waals surface area (Å²) >= 11 is 0. The summed E-state index contributed by atoms with van der Waals surface area (Å²) in [5.74, 6) is 0.542. The van der Waals surface area contributed by atoms with E-state index in [0.29, 0.717) is 17.1 Å². The zero-order valence-corrected chi connectivity index (χ0v) is 12.3. The number of aromatic nitrogens is 3. The van der Waals surface area contributed by atoms with Crippen LogP contribution in [-0.2, 0) is 4.79 Å². The van der Waals surface area contributed by atoms with Crippen LogP contribution in [-0.4, -0.2) is 20.9 Å². The number of H-pyrrole nitrogens is 1. The summed E-state index contributed by atoms with van der Waals surface area (Å²) in [5.41, 5.74) is 6.55. The van der Waals surface area contributed by atoms with E-state index in [2.05, 4.69) is 25.8 Å². The maximum absolute atomic E-state index is 12.3. The predicted molar refractivity (Wildman–Crippen MR) is 81.1 cm³/mol. The number of nitrogens with zero attached hydrogens (tertiary/aromatic N) is 2. The fraction of sp³-hybridized carbons (Fsp3) is 0.467. The van der Waals surface area contributed by atoms with Crippen LogP contribution in [0.2, 0.25) is 0 Å². The smallest absolute Gasteiger partial charge is 0.293 e. The summed E-state index contributed by atoms with van der Waals surface area (Å²) in [5, 5.41) is 0. The van der Waals surface area contributed by atoms with Gasteiger partial charge in [-0.15, -0.1) is 0 Å². The molecule has 2 aromatic rings. The Balaban J connectivity index is 1.55. The highest BCUT2D eigenvalue weighted by molar-refractivity contribution is 5.87. The van der Waals surface area contributed by atoms with Gasteiger partial charge in [-0.1, -0.05) is 0 Å². The molecule has 0 radical (unpaired) electrons. The molecule has 22 heavy (non-hydrogen) atoms. The molecule has 0 aromatic carbocycles. The number of hydrogen-bond acceptors (Lipinski definition) is 5. The van der Waals surface area contributed by atoms with Gasteiger partial charge in [0.05, 0.1) is 10.9 Å². The fourth-order valence-corrected chi connectivity index (χ4v) is 2.98. The minimum atomic E-state index is -0.380. The number of aromatic amines is 1. The predicted octanol–water partition coefficient (Wildman–Crippen LogP) is 1.26. The molecule has 0 unspecified atom stereocenters. The van der Waals surface area contributed by atoms with Gasteiger partial charge in [0.25, 0.3) is 5.56 Å². The molecule has 2 heterocycles. The van der Waals surface area contributed by atoms with Gasteiger partial charge >= 0.3 is 0 Å². The van der Waals surface area contributed by atoms with E-state index in [4.69, 9.17) is 0 Å². The number of amides is 1. The molecule has 0 saturated heterocycles. The van der Waals surface area contributed by atoms with E-state index in [1.54, 1.807) is 12.1 Å². The number of pyridine rings is 1. The Bertz CT molecular complexity index is 820. The third kappa shape index (κ3) is 2.13. The highest BCUT2D eigenvalue weighted by Crippen LogP contribution is 2.61. The number of carbonyl (C=O) groups is 1. The first-order valence-corrected chi connectivity index (χ1v) is 7.53. The first kappa shape index (κ1) is 13.2. The molecular formula is C15H17N5O2. The van der Waals surface area contributed by atoms with E-state index in [9.17, 15) is 9.59 Å². The van der Waals surface area contributed by atoms with E-state index in [1.165, 1.54) is 0 Å². The average molecular weight is 299 g/mol. The minimum absolute atomic E-state index is 0.0338. The van der Waals surface area contributed by atoms with Crippen molar-refractivity contribution in [2.24, 2.45) is 11.3 Å². The van der Waals surface area contributed by atoms with Gasteiger partial charge in [0.1, 0.15) is 0 Å². The van der Waals surface area contributed by atoms with E-state index in [1.807, 2.05) is 6.92 Å². The van der Waals surface area contributed by atoms with Crippen molar-refractivity contribution in [2.75, 3.05) is 5.43 Å². The first-order valence-electron chi connectivity index (χ1n) is 7.53. The third-order valence-corrected chi connectivity index (χ3v) is 4.59. The standard InChI is InChI=1S/C15H17N5O2/c1-8-2-5-10-11(16-8)18-12(13(21)17-10)19-20-14(22)15(6-7-15)9-3-4-9/h2,5,9H,3-4,6-7H2,1H3,(H,17,21)(H,20,22)(H,16,18,19). The van der Waals surface area contributed by atoms with Gasteiger partial charge in [0.2, 0.25) is 11.7 Å². The molecule has 0 aliphatic heterocycles. The molecule has 0 bridgehead atoms. The SMILES string of the molecule is Cc1ccc2[nH]c(=O)c(NNC(=O)C3(C4CC4)CC3)nc2n1. The van der Waals surface area contributed by atoms with Crippen LogP contribution in [0, 0.1) is 18.3 Å². The maximum atomic E-state index is 12.3. The zero-order chi connectivity index (χ0) is 15.3. The maximum Gasteiger partial charge on any atom is 0.293 e. The molecule has 2 aliphatic carbocycles. The highest BCUT2D eigenvalue weighted by atomic mass is 16.2. The summed E-state index contributed by atoms with van der Waals surface area (Å²) in [6.45, 7) is 1.85. The van der Waals surface area contributed by atoms with Crippen molar-refractivity contribution in [1.82, 2.24) is 20.4 Å². The van der Waals surface area contributed by atoms with Crippen molar-refractivity contribution in [1.29, 1.82) is 0 Å². The number of hydrazine groups is 1. The van der Waals surface area contributed by atoms with Gasteiger partial charge < -0.3 is 4.98 Å². The third-order valence-electron chi connectivity index (χ3n) is 4.59. The Morgan fingerprint density at radius 1 is 1.32 bits per heavy atom. The van der Waals surface area contributed by atoms with Crippen molar-refractivity contribution in [3.63, 3.8) is 0 Å². The monoisotopic (exact) mass is 299 g/mol. The number of nitrogens with one attached hydrogen (secondary N) is 3. The van der Waals surface area contributed by atoms with Crippen LogP contribution >= 0.6 is 0 Å². The molecule has 7 nitrogen and oxygen atoms in total. The summed E-state index contributed by atoms with van der Waals surface area (Å²) < 4.78 is 0. The van der Waals surface area contributed by atoms with Crippen molar-refractivity contribution < 1.29 is 4.79 Å². The van der Waals surface area contributed by atoms with Crippen molar-refractivity contribution >= 4 is 22.9 Å². The Labute approximate surface area is 126 Å². The number of anilines is 1. The van der Waals surface area contributed by atoms with Crippen LogP contribution in [0.15, 0.2) is 16.9 Å². The lowest BCUT2D eigenvalue weighted by Crippen LogP contribution is -2.39. The van der Waals surface area contributed by atoms with Crippen LogP contribution < -0.4 is 16.4 Å². The topological polar surface area (TPSA) is 99.8 Å². The number of hydrogen-bond donors (Lipinski definition) is 3. The number of carbonyl (C=O) groups excluding carboxylic acids is 1. The van der Waals surface area contributed by atoms with E-state index in [0.717, 1.165) is 31.4 Å². The molecule has 4 rings (SSSR count). The molecule has 0 atom stereocenters. The second kappa shape index (κ2) is 4.53. The second-order valence-corrected chi connectivity index (χ2v) is 6.25.